The van der Waals surface area contributed by atoms with Gasteiger partial charge in [-0.1, -0.05) is 121 Å². The third kappa shape index (κ3) is 2.45. The monoisotopic (exact) mass is 474 g/mol. The molecule has 0 saturated heterocycles. The van der Waals surface area contributed by atoms with Gasteiger partial charge < -0.3 is 0 Å². The van der Waals surface area contributed by atoms with Crippen molar-refractivity contribution in [2.45, 2.75) is 9.75 Å². The van der Waals surface area contributed by atoms with Gasteiger partial charge in [0.1, 0.15) is 9.75 Å². The summed E-state index contributed by atoms with van der Waals surface area (Å²) in [6, 6.07) is 42.4. The highest BCUT2D eigenvalue weighted by Crippen LogP contribution is 2.58. The van der Waals surface area contributed by atoms with Gasteiger partial charge in [0.15, 0.2) is 0 Å². The van der Waals surface area contributed by atoms with Gasteiger partial charge in [0.25, 0.3) is 0 Å². The van der Waals surface area contributed by atoms with Crippen LogP contribution in [0.3, 0.4) is 0 Å². The average Bonchev–Trinajstić information content (AvgIpc) is 3.33. The molecule has 0 bridgehead atoms. The van der Waals surface area contributed by atoms with E-state index in [2.05, 4.69) is 121 Å². The Morgan fingerprint density at radius 2 is 0.647 bits per heavy atom. The number of hydrogen-bond donors (Lipinski definition) is 0. The molecular weight excluding hydrogens is 455 g/mol. The fraction of sp³-hybridized carbons (Fsp3) is 0.0625. The van der Waals surface area contributed by atoms with Crippen LogP contribution >= 0.6 is 23.2 Å². The second kappa shape index (κ2) is 7.09. The zero-order valence-corrected chi connectivity index (χ0v) is 19.8. The van der Waals surface area contributed by atoms with Crippen molar-refractivity contribution in [3.63, 3.8) is 0 Å². The summed E-state index contributed by atoms with van der Waals surface area (Å²) in [5.41, 5.74) is 11.3. The Balaban J connectivity index is 1.48. The fourth-order valence-electron chi connectivity index (χ4n) is 5.93. The van der Waals surface area contributed by atoms with Gasteiger partial charge >= 0.3 is 0 Å². The predicted molar refractivity (Wildman–Crippen MR) is 142 cm³/mol. The van der Waals surface area contributed by atoms with Crippen molar-refractivity contribution in [2.75, 3.05) is 0 Å². The molecular formula is C32H20Cl2. The lowest BCUT2D eigenvalue weighted by molar-refractivity contribution is 0.874. The lowest BCUT2D eigenvalue weighted by atomic mass is 9.83. The van der Waals surface area contributed by atoms with Crippen molar-refractivity contribution in [1.82, 2.24) is 0 Å². The van der Waals surface area contributed by atoms with Crippen LogP contribution in [0.15, 0.2) is 121 Å². The first-order chi connectivity index (χ1) is 16.6. The zero-order valence-electron chi connectivity index (χ0n) is 18.3. The zero-order chi connectivity index (χ0) is 22.9. The maximum absolute atomic E-state index is 7.64. The van der Waals surface area contributed by atoms with E-state index < -0.39 is 9.75 Å². The molecule has 0 atom stereocenters. The molecule has 5 aromatic rings. The van der Waals surface area contributed by atoms with Crippen molar-refractivity contribution in [2.24, 2.45) is 0 Å². The summed E-state index contributed by atoms with van der Waals surface area (Å²) < 4.78 is 0. The lowest BCUT2D eigenvalue weighted by Crippen LogP contribution is -2.23. The molecule has 162 valence electrons. The van der Waals surface area contributed by atoms with Gasteiger partial charge in [-0.05, 0) is 55.6 Å². The van der Waals surface area contributed by atoms with E-state index in [-0.39, 0.29) is 0 Å². The summed E-state index contributed by atoms with van der Waals surface area (Å²) in [6.07, 6.45) is 0. The van der Waals surface area contributed by atoms with Crippen LogP contribution in [0, 0.1) is 0 Å². The number of benzene rings is 5. The van der Waals surface area contributed by atoms with Crippen molar-refractivity contribution in [1.29, 1.82) is 0 Å². The number of alkyl halides is 2. The molecule has 0 amide bonds. The van der Waals surface area contributed by atoms with Gasteiger partial charge in [-0.2, -0.15) is 0 Å². The number of fused-ring (bicyclic) bond motifs is 6. The average molecular weight is 475 g/mol. The van der Waals surface area contributed by atoms with E-state index in [4.69, 9.17) is 23.2 Å². The molecule has 2 heteroatoms. The van der Waals surface area contributed by atoms with Gasteiger partial charge in [0.05, 0.1) is 0 Å². The highest BCUT2D eigenvalue weighted by molar-refractivity contribution is 6.31. The van der Waals surface area contributed by atoms with E-state index in [0.29, 0.717) is 0 Å². The summed E-state index contributed by atoms with van der Waals surface area (Å²) in [4.78, 5) is -1.54. The Labute approximate surface area is 209 Å². The number of hydrogen-bond acceptors (Lipinski definition) is 0. The molecule has 0 nitrogen and oxygen atoms in total. The van der Waals surface area contributed by atoms with E-state index in [1.807, 2.05) is 0 Å². The van der Waals surface area contributed by atoms with Crippen molar-refractivity contribution >= 4 is 23.2 Å². The minimum Gasteiger partial charge on any atom is -0.103 e. The van der Waals surface area contributed by atoms with Crippen LogP contribution in [0.5, 0.6) is 0 Å². The summed E-state index contributed by atoms with van der Waals surface area (Å²) in [5.74, 6) is 0. The van der Waals surface area contributed by atoms with E-state index in [1.54, 1.807) is 0 Å². The fourth-order valence-corrected chi connectivity index (χ4v) is 6.83. The molecule has 0 aromatic heterocycles. The molecule has 7 rings (SSSR count). The lowest BCUT2D eigenvalue weighted by Gasteiger charge is -2.30. The highest BCUT2D eigenvalue weighted by atomic mass is 35.5. The largest absolute Gasteiger partial charge is 0.121 e. The molecule has 2 aliphatic rings. The first-order valence-corrected chi connectivity index (χ1v) is 12.3. The van der Waals surface area contributed by atoms with Crippen molar-refractivity contribution in [3.8, 4) is 22.3 Å². The van der Waals surface area contributed by atoms with E-state index >= 15 is 0 Å². The molecule has 0 saturated carbocycles. The van der Waals surface area contributed by atoms with Gasteiger partial charge in [0, 0.05) is 0 Å². The standard InChI is InChI=1S/C32H20Cl2/c33-31(27-16-5-1-12-23(27)24-13-2-6-17-28(24)31)21-10-9-11-22(20-21)32(34)29-18-7-3-14-25(29)26-15-4-8-19-30(26)32/h1-20H. The predicted octanol–water partition coefficient (Wildman–Crippen LogP) is 8.71. The van der Waals surface area contributed by atoms with Gasteiger partial charge in [-0.15, -0.1) is 23.2 Å². The maximum atomic E-state index is 7.64. The molecule has 0 spiro atoms. The summed E-state index contributed by atoms with van der Waals surface area (Å²) in [7, 11) is 0. The Morgan fingerprint density at radius 1 is 0.353 bits per heavy atom. The van der Waals surface area contributed by atoms with Crippen LogP contribution in [0.4, 0.5) is 0 Å². The summed E-state index contributed by atoms with van der Waals surface area (Å²) >= 11 is 15.3. The molecule has 5 aromatic carbocycles. The quantitative estimate of drug-likeness (QED) is 0.224. The minimum absolute atomic E-state index is 0.770. The molecule has 0 radical (unpaired) electrons. The second-order valence-electron chi connectivity index (χ2n) is 9.08. The first kappa shape index (κ1) is 20.1. The van der Waals surface area contributed by atoms with Gasteiger partial charge in [-0.25, -0.2) is 0 Å². The van der Waals surface area contributed by atoms with Crippen molar-refractivity contribution in [3.05, 3.63) is 155 Å². The molecule has 0 unspecified atom stereocenters. The Morgan fingerprint density at radius 3 is 0.971 bits per heavy atom. The third-order valence-electron chi connectivity index (χ3n) is 7.43. The van der Waals surface area contributed by atoms with Crippen LogP contribution in [0.25, 0.3) is 22.3 Å². The van der Waals surface area contributed by atoms with Crippen LogP contribution in [0.2, 0.25) is 0 Å². The maximum Gasteiger partial charge on any atom is 0.121 e. The smallest absolute Gasteiger partial charge is 0.103 e. The molecule has 0 heterocycles. The summed E-state index contributed by atoms with van der Waals surface area (Å²) in [6.45, 7) is 0. The highest BCUT2D eigenvalue weighted by Gasteiger charge is 2.46. The topological polar surface area (TPSA) is 0 Å². The molecule has 2 aliphatic carbocycles. The second-order valence-corrected chi connectivity index (χ2v) is 10.2. The Kier molecular flexibility index (Phi) is 4.19. The number of halogens is 2. The minimum atomic E-state index is -0.770. The molecule has 34 heavy (non-hydrogen) atoms. The van der Waals surface area contributed by atoms with Gasteiger partial charge in [-0.3, -0.25) is 0 Å². The van der Waals surface area contributed by atoms with Crippen LogP contribution in [-0.2, 0) is 9.75 Å². The first-order valence-electron chi connectivity index (χ1n) is 11.5. The van der Waals surface area contributed by atoms with Crippen LogP contribution in [-0.4, -0.2) is 0 Å². The normalized spacial score (nSPS) is 15.8. The molecule has 0 fully saturated rings. The van der Waals surface area contributed by atoms with E-state index in [9.17, 15) is 0 Å². The van der Waals surface area contributed by atoms with Crippen LogP contribution < -0.4 is 0 Å². The van der Waals surface area contributed by atoms with Gasteiger partial charge in [0.2, 0.25) is 0 Å². The molecule has 0 aliphatic heterocycles. The van der Waals surface area contributed by atoms with E-state index in [0.717, 1.165) is 33.4 Å². The third-order valence-corrected chi connectivity index (χ3v) is 8.68. The van der Waals surface area contributed by atoms with Crippen molar-refractivity contribution < 1.29 is 0 Å². The molecule has 0 N–H and O–H groups in total. The number of rotatable bonds is 2. The summed E-state index contributed by atoms with van der Waals surface area (Å²) in [5, 5.41) is 0. The Hall–Kier alpha value is -3.32. The Bertz CT molecular complexity index is 1390. The van der Waals surface area contributed by atoms with Crippen LogP contribution in [0.1, 0.15) is 33.4 Å². The van der Waals surface area contributed by atoms with E-state index in [1.165, 1.54) is 22.3 Å². The SMILES string of the molecule is ClC1(c2cccc(C3(Cl)c4ccccc4-c4ccccc43)c2)c2ccccc2-c2ccccc21.